The normalized spacial score (nSPS) is 10.7. The lowest BCUT2D eigenvalue weighted by atomic mass is 10.1. The molecule has 58 valence electrons. The summed E-state index contributed by atoms with van der Waals surface area (Å²) in [6.07, 6.45) is 3.10. The van der Waals surface area contributed by atoms with Crippen LogP contribution in [0.3, 0.4) is 0 Å². The number of aryl methyl sites for hydroxylation is 1. The van der Waals surface area contributed by atoms with Gasteiger partial charge in [0.15, 0.2) is 0 Å². The van der Waals surface area contributed by atoms with Crippen LogP contribution >= 0.6 is 15.9 Å². The number of rotatable bonds is 2. The van der Waals surface area contributed by atoms with Gasteiger partial charge in [0, 0.05) is 0 Å². The molecule has 0 saturated heterocycles. The molecule has 1 aromatic rings. The van der Waals surface area contributed by atoms with E-state index in [1.165, 1.54) is 11.1 Å². The Hall–Kier alpha value is -0.560. The van der Waals surface area contributed by atoms with Crippen molar-refractivity contribution in [3.05, 3.63) is 46.5 Å². The van der Waals surface area contributed by atoms with Gasteiger partial charge in [0.25, 0.3) is 0 Å². The summed E-state index contributed by atoms with van der Waals surface area (Å²) in [5.41, 5.74) is 2.69. The molecule has 0 bridgehead atoms. The van der Waals surface area contributed by atoms with Crippen LogP contribution in [0.4, 0.5) is 0 Å². The van der Waals surface area contributed by atoms with Gasteiger partial charge in [-0.2, -0.15) is 0 Å². The molecule has 0 aromatic heterocycles. The summed E-state index contributed by atoms with van der Waals surface area (Å²) < 4.78 is 0. The fourth-order valence-corrected chi connectivity index (χ4v) is 1.21. The molecule has 0 atom stereocenters. The van der Waals surface area contributed by atoms with Gasteiger partial charge in [-0.1, -0.05) is 51.8 Å². The minimum Gasteiger partial charge on any atom is -0.0732 e. The molecule has 1 aromatic carbocycles. The van der Waals surface area contributed by atoms with Crippen molar-refractivity contribution in [2.45, 2.75) is 13.3 Å². The van der Waals surface area contributed by atoms with E-state index >= 15 is 0 Å². The van der Waals surface area contributed by atoms with E-state index in [2.05, 4.69) is 53.2 Å². The summed E-state index contributed by atoms with van der Waals surface area (Å²) >= 11 is 3.24. The Morgan fingerprint density at radius 1 is 1.45 bits per heavy atom. The number of benzene rings is 1. The van der Waals surface area contributed by atoms with E-state index in [1.54, 1.807) is 0 Å². The van der Waals surface area contributed by atoms with Gasteiger partial charge >= 0.3 is 0 Å². The first kappa shape index (κ1) is 8.54. The standard InChI is InChI=1S/C10H11Br/c1-9-4-2-5-10(8-9)6-3-7-11/h2-5,7-8H,6H2,1H3/b7-3+. The van der Waals surface area contributed by atoms with Gasteiger partial charge < -0.3 is 0 Å². The SMILES string of the molecule is Cc1cccc(C/C=C/Br)c1. The maximum Gasteiger partial charge on any atom is -0.00891 e. The molecule has 1 rings (SSSR count). The molecule has 0 nitrogen and oxygen atoms in total. The van der Waals surface area contributed by atoms with Crippen LogP contribution in [-0.4, -0.2) is 0 Å². The van der Waals surface area contributed by atoms with Crippen molar-refractivity contribution < 1.29 is 0 Å². The van der Waals surface area contributed by atoms with Gasteiger partial charge in [-0.05, 0) is 23.9 Å². The second kappa shape index (κ2) is 4.35. The van der Waals surface area contributed by atoms with Gasteiger partial charge in [0.2, 0.25) is 0 Å². The molecule has 1 heteroatoms. The fraction of sp³-hybridized carbons (Fsp3) is 0.200. The van der Waals surface area contributed by atoms with Crippen LogP contribution in [-0.2, 0) is 6.42 Å². The topological polar surface area (TPSA) is 0 Å². The van der Waals surface area contributed by atoms with Crippen LogP contribution in [0.25, 0.3) is 0 Å². The van der Waals surface area contributed by atoms with Crippen LogP contribution < -0.4 is 0 Å². The first-order valence-corrected chi connectivity index (χ1v) is 4.55. The Kier molecular flexibility index (Phi) is 3.37. The molecule has 0 N–H and O–H groups in total. The van der Waals surface area contributed by atoms with Gasteiger partial charge in [-0.25, -0.2) is 0 Å². The van der Waals surface area contributed by atoms with Gasteiger partial charge in [-0.3, -0.25) is 0 Å². The summed E-state index contributed by atoms with van der Waals surface area (Å²) in [4.78, 5) is 1.90. The highest BCUT2D eigenvalue weighted by Gasteiger charge is 1.88. The van der Waals surface area contributed by atoms with Crippen LogP contribution in [0.1, 0.15) is 11.1 Å². The number of hydrogen-bond donors (Lipinski definition) is 0. The molecule has 0 unspecified atom stereocenters. The van der Waals surface area contributed by atoms with Gasteiger partial charge in [0.05, 0.1) is 0 Å². The molecule has 0 aliphatic rings. The second-order valence-corrected chi connectivity index (χ2v) is 3.08. The maximum absolute atomic E-state index is 3.24. The monoisotopic (exact) mass is 210 g/mol. The molecule has 11 heavy (non-hydrogen) atoms. The van der Waals surface area contributed by atoms with Crippen LogP contribution in [0, 0.1) is 6.92 Å². The van der Waals surface area contributed by atoms with Gasteiger partial charge in [0.1, 0.15) is 0 Å². The number of allylic oxidation sites excluding steroid dienone is 1. The Morgan fingerprint density at radius 2 is 2.27 bits per heavy atom. The van der Waals surface area contributed by atoms with Crippen molar-refractivity contribution in [1.29, 1.82) is 0 Å². The molecule has 0 radical (unpaired) electrons. The first-order chi connectivity index (χ1) is 5.33. The third-order valence-electron chi connectivity index (χ3n) is 1.53. The first-order valence-electron chi connectivity index (χ1n) is 3.63. The molecular formula is C10H11Br. The van der Waals surface area contributed by atoms with Crippen molar-refractivity contribution in [3.63, 3.8) is 0 Å². The smallest absolute Gasteiger partial charge is 0.00891 e. The molecule has 0 fully saturated rings. The molecule has 0 spiro atoms. The highest BCUT2D eigenvalue weighted by Crippen LogP contribution is 2.05. The van der Waals surface area contributed by atoms with Crippen molar-refractivity contribution in [3.8, 4) is 0 Å². The highest BCUT2D eigenvalue weighted by molar-refractivity contribution is 9.11. The van der Waals surface area contributed by atoms with Crippen LogP contribution in [0.15, 0.2) is 35.3 Å². The van der Waals surface area contributed by atoms with E-state index in [9.17, 15) is 0 Å². The minimum absolute atomic E-state index is 1.01. The van der Waals surface area contributed by atoms with Crippen molar-refractivity contribution in [2.75, 3.05) is 0 Å². The molecule has 0 aliphatic carbocycles. The lowest BCUT2D eigenvalue weighted by molar-refractivity contribution is 1.25. The average molecular weight is 211 g/mol. The van der Waals surface area contributed by atoms with Crippen LogP contribution in [0.5, 0.6) is 0 Å². The molecule has 0 aliphatic heterocycles. The average Bonchev–Trinajstić information content (AvgIpc) is 2.01. The van der Waals surface area contributed by atoms with Crippen LogP contribution in [0.2, 0.25) is 0 Å². The summed E-state index contributed by atoms with van der Waals surface area (Å²) in [6.45, 7) is 2.11. The zero-order chi connectivity index (χ0) is 8.10. The summed E-state index contributed by atoms with van der Waals surface area (Å²) in [6, 6.07) is 8.54. The van der Waals surface area contributed by atoms with E-state index in [4.69, 9.17) is 0 Å². The van der Waals surface area contributed by atoms with E-state index in [0.29, 0.717) is 0 Å². The van der Waals surface area contributed by atoms with Gasteiger partial charge in [-0.15, -0.1) is 0 Å². The molecule has 0 saturated carbocycles. The summed E-state index contributed by atoms with van der Waals surface area (Å²) in [5.74, 6) is 0. The lowest BCUT2D eigenvalue weighted by Gasteiger charge is -1.96. The minimum atomic E-state index is 1.01. The highest BCUT2D eigenvalue weighted by atomic mass is 79.9. The van der Waals surface area contributed by atoms with E-state index in [0.717, 1.165) is 6.42 Å². The largest absolute Gasteiger partial charge is 0.0732 e. The number of halogens is 1. The summed E-state index contributed by atoms with van der Waals surface area (Å²) in [7, 11) is 0. The van der Waals surface area contributed by atoms with E-state index < -0.39 is 0 Å². The maximum atomic E-state index is 3.24. The number of hydrogen-bond acceptors (Lipinski definition) is 0. The summed E-state index contributed by atoms with van der Waals surface area (Å²) in [5, 5.41) is 0. The van der Waals surface area contributed by atoms with E-state index in [-0.39, 0.29) is 0 Å². The lowest BCUT2D eigenvalue weighted by Crippen LogP contribution is -1.80. The fourth-order valence-electron chi connectivity index (χ4n) is 1.02. The van der Waals surface area contributed by atoms with E-state index in [1.807, 2.05) is 4.99 Å². The Bertz CT molecular complexity index is 251. The molecule has 0 amide bonds. The second-order valence-electron chi connectivity index (χ2n) is 2.55. The molecular weight excluding hydrogens is 200 g/mol. The van der Waals surface area contributed by atoms with Crippen molar-refractivity contribution in [1.82, 2.24) is 0 Å². The Balaban J connectivity index is 2.71. The third kappa shape index (κ3) is 2.89. The van der Waals surface area contributed by atoms with Crippen molar-refractivity contribution in [2.24, 2.45) is 0 Å². The zero-order valence-corrected chi connectivity index (χ0v) is 8.14. The quantitative estimate of drug-likeness (QED) is 0.702. The predicted octanol–water partition coefficient (Wildman–Crippen LogP) is 3.45. The Morgan fingerprint density at radius 3 is 2.91 bits per heavy atom. The zero-order valence-electron chi connectivity index (χ0n) is 6.55. The predicted molar refractivity (Wildman–Crippen MR) is 53.0 cm³/mol. The Labute approximate surface area is 76.1 Å². The third-order valence-corrected chi connectivity index (χ3v) is 1.90. The van der Waals surface area contributed by atoms with Crippen molar-refractivity contribution >= 4 is 15.9 Å². The molecule has 0 heterocycles.